The lowest BCUT2D eigenvalue weighted by atomic mass is 9.62. The number of aryl methyl sites for hydroxylation is 1. The van der Waals surface area contributed by atoms with E-state index in [9.17, 15) is 43.2 Å². The highest BCUT2D eigenvalue weighted by molar-refractivity contribution is 5.89. The second-order valence-electron chi connectivity index (χ2n) is 19.7. The normalized spacial score (nSPS) is 23.0. The number of nitrogens with zero attached hydrogens (tertiary/aromatic N) is 2. The van der Waals surface area contributed by atoms with E-state index in [-0.39, 0.29) is 78.9 Å². The Labute approximate surface area is 378 Å². The molecule has 7 N–H and O–H groups in total. The number of carbonyl (C=O) groups is 8. The minimum Gasteiger partial charge on any atom is -0.466 e. The molecule has 0 aromatic carbocycles. The molecule has 22 nitrogen and oxygen atoms in total. The van der Waals surface area contributed by atoms with E-state index in [2.05, 4.69) is 40.7 Å². The Morgan fingerprint density at radius 1 is 0.738 bits per heavy atom. The molecule has 65 heavy (non-hydrogen) atoms. The van der Waals surface area contributed by atoms with Crippen LogP contribution in [0.1, 0.15) is 118 Å². The van der Waals surface area contributed by atoms with Gasteiger partial charge in [0.05, 0.1) is 33.7 Å². The average molecular weight is 921 g/mol. The summed E-state index contributed by atoms with van der Waals surface area (Å²) in [6.07, 6.45) is -2.45. The molecule has 2 saturated carbocycles. The lowest BCUT2D eigenvalue weighted by Gasteiger charge is -2.46. The number of ketones is 2. The van der Waals surface area contributed by atoms with Gasteiger partial charge in [-0.2, -0.15) is 9.99 Å². The van der Waals surface area contributed by atoms with Gasteiger partial charge in [0.2, 0.25) is 18.2 Å². The number of H-pyrrole nitrogens is 1. The number of urea groups is 1. The van der Waals surface area contributed by atoms with Crippen LogP contribution in [-0.2, 0) is 49.3 Å². The molecule has 2 fully saturated rings. The van der Waals surface area contributed by atoms with Gasteiger partial charge in [0.1, 0.15) is 11.6 Å². The molecule has 5 amide bonds. The van der Waals surface area contributed by atoms with Crippen LogP contribution in [0.25, 0.3) is 0 Å². The van der Waals surface area contributed by atoms with Crippen molar-refractivity contribution < 1.29 is 62.0 Å². The highest BCUT2D eigenvalue weighted by Crippen LogP contribution is 2.47. The molecule has 364 valence electrons. The van der Waals surface area contributed by atoms with Gasteiger partial charge in [0, 0.05) is 42.9 Å². The third-order valence-corrected chi connectivity index (χ3v) is 11.5. The van der Waals surface area contributed by atoms with Crippen molar-refractivity contribution in [3.63, 3.8) is 0 Å². The predicted octanol–water partition coefficient (Wildman–Crippen LogP) is 3.40. The fourth-order valence-corrected chi connectivity index (χ4v) is 9.59. The number of aromatic amines is 1. The minimum absolute atomic E-state index is 0.00416. The number of aromatic nitrogens is 2. The summed E-state index contributed by atoms with van der Waals surface area (Å²) in [7, 11) is 2.26. The zero-order chi connectivity index (χ0) is 49.1. The summed E-state index contributed by atoms with van der Waals surface area (Å²) in [6, 6.07) is -1.53. The van der Waals surface area contributed by atoms with Crippen molar-refractivity contribution in [3.05, 3.63) is 21.6 Å². The first-order chi connectivity index (χ1) is 30.1. The van der Waals surface area contributed by atoms with Crippen LogP contribution in [0.15, 0.2) is 4.79 Å². The molecular formula is C43H68N8O14. The number of hydrogen-bond donors (Lipinski definition) is 6. The van der Waals surface area contributed by atoms with Gasteiger partial charge < -0.3 is 49.9 Å². The lowest BCUT2D eigenvalue weighted by molar-refractivity contribution is -0.152. The molecule has 2 aliphatic rings. The van der Waals surface area contributed by atoms with Gasteiger partial charge in [-0.05, 0) is 81.0 Å². The van der Waals surface area contributed by atoms with E-state index in [1.807, 2.05) is 41.5 Å². The van der Waals surface area contributed by atoms with Crippen LogP contribution in [0.5, 0.6) is 0 Å². The first-order valence-electron chi connectivity index (χ1n) is 21.5. The zero-order valence-corrected chi connectivity index (χ0v) is 39.5. The predicted molar refractivity (Wildman–Crippen MR) is 233 cm³/mol. The van der Waals surface area contributed by atoms with Gasteiger partial charge in [-0.25, -0.2) is 34.6 Å². The Morgan fingerprint density at radius 2 is 1.18 bits per heavy atom. The maximum Gasteiger partial charge on any atom is 0.408 e. The smallest absolute Gasteiger partial charge is 0.408 e. The van der Waals surface area contributed by atoms with E-state index < -0.39 is 70.9 Å². The van der Waals surface area contributed by atoms with Crippen LogP contribution in [0.4, 0.5) is 25.1 Å². The number of amides is 5. The molecule has 0 radical (unpaired) electrons. The Balaban J connectivity index is 1.53. The van der Waals surface area contributed by atoms with Crippen molar-refractivity contribution in [2.75, 3.05) is 38.9 Å². The molecule has 1 heterocycles. The number of hydrazine groups is 1. The fourth-order valence-electron chi connectivity index (χ4n) is 9.59. The van der Waals surface area contributed by atoms with Crippen LogP contribution in [0.3, 0.4) is 0 Å². The quantitative estimate of drug-likeness (QED) is 0.0404. The summed E-state index contributed by atoms with van der Waals surface area (Å²) in [5.74, 6) is 3.49. The summed E-state index contributed by atoms with van der Waals surface area (Å²) >= 11 is 0. The van der Waals surface area contributed by atoms with Crippen molar-refractivity contribution in [2.45, 2.75) is 144 Å². The van der Waals surface area contributed by atoms with Gasteiger partial charge in [-0.1, -0.05) is 41.5 Å². The van der Waals surface area contributed by atoms with Crippen LogP contribution >= 0.6 is 0 Å². The van der Waals surface area contributed by atoms with Gasteiger partial charge in [-0.3, -0.25) is 14.4 Å². The highest BCUT2D eigenvalue weighted by Gasteiger charge is 2.44. The second kappa shape index (κ2) is 22.4. The van der Waals surface area contributed by atoms with E-state index in [1.165, 1.54) is 13.8 Å². The van der Waals surface area contributed by atoms with E-state index in [1.54, 1.807) is 6.92 Å². The van der Waals surface area contributed by atoms with Crippen molar-refractivity contribution in [1.29, 1.82) is 0 Å². The number of esters is 2. The number of methoxy groups -OCH3 is 2. The zero-order valence-electron chi connectivity index (χ0n) is 39.5. The van der Waals surface area contributed by atoms with E-state index in [4.69, 9.17) is 20.1 Å². The maximum atomic E-state index is 13.3. The molecule has 0 bridgehead atoms. The topological polar surface area (TPSA) is 306 Å². The number of hydrogen-bond acceptors (Lipinski definition) is 16. The van der Waals surface area contributed by atoms with Crippen LogP contribution in [0.2, 0.25) is 0 Å². The number of rotatable bonds is 18. The monoisotopic (exact) mass is 920 g/mol. The largest absolute Gasteiger partial charge is 0.466 e. The van der Waals surface area contributed by atoms with Crippen molar-refractivity contribution in [2.24, 2.45) is 27.5 Å². The average Bonchev–Trinajstić information content (AvgIpc) is 3.16. The summed E-state index contributed by atoms with van der Waals surface area (Å²) < 4.78 is 25.2. The second-order valence-corrected chi connectivity index (χ2v) is 19.7. The van der Waals surface area contributed by atoms with Crippen LogP contribution < -0.4 is 37.7 Å². The number of carbonyl (C=O) groups excluding carboxylic acids is 8. The Kier molecular flexibility index (Phi) is 18.5. The molecule has 6 atom stereocenters. The third kappa shape index (κ3) is 16.9. The number of ether oxygens (including phenoxy) is 5. The first kappa shape index (κ1) is 53.5. The Morgan fingerprint density at radius 3 is 1.60 bits per heavy atom. The van der Waals surface area contributed by atoms with Crippen molar-refractivity contribution in [3.8, 4) is 0 Å². The standard InChI is InChI=1S/C43H68N8O14/c1-24(52)14-30(33(55)61-10)64-38(59)48-27-16-40(4,5)20-42(8,18-27)22-45-36(57)51(44)35-47-26(3)29(32(54)50-35)12-13-63-37(58)46-23-43(9)19-28(17-41(6,7)21-43)49-39(60)65-31(15-25(2)53)34(56)62-11/h27-28,30-31H,12-23,44H2,1-11H3,(H,45,57)(H,46,58)(H,48,59)(H,49,60)(H,47,50,54). The lowest BCUT2D eigenvalue weighted by Crippen LogP contribution is -2.53. The van der Waals surface area contributed by atoms with Crippen molar-refractivity contribution in [1.82, 2.24) is 31.2 Å². The summed E-state index contributed by atoms with van der Waals surface area (Å²) in [5, 5.41) is 11.8. The Bertz CT molecular complexity index is 2010. The molecule has 22 heteroatoms. The number of nitrogens with one attached hydrogen (secondary N) is 5. The third-order valence-electron chi connectivity index (χ3n) is 11.5. The van der Waals surface area contributed by atoms with Gasteiger partial charge in [0.25, 0.3) is 5.56 Å². The van der Waals surface area contributed by atoms with E-state index in [0.29, 0.717) is 49.2 Å². The summed E-state index contributed by atoms with van der Waals surface area (Å²) in [6.45, 7) is 16.3. The van der Waals surface area contributed by atoms with Crippen LogP contribution in [0, 0.1) is 28.6 Å². The number of nitrogens with two attached hydrogens (primary N) is 1. The molecule has 2 aliphatic carbocycles. The molecule has 0 aliphatic heterocycles. The minimum atomic E-state index is -1.39. The van der Waals surface area contributed by atoms with Crippen LogP contribution in [-0.4, -0.2) is 116 Å². The Hall–Kier alpha value is -5.80. The van der Waals surface area contributed by atoms with Gasteiger partial charge >= 0.3 is 36.2 Å². The molecule has 0 spiro atoms. The van der Waals surface area contributed by atoms with E-state index >= 15 is 0 Å². The van der Waals surface area contributed by atoms with E-state index in [0.717, 1.165) is 14.2 Å². The number of anilines is 1. The molecule has 3 rings (SSSR count). The highest BCUT2D eigenvalue weighted by atomic mass is 16.6. The number of alkyl carbamates (subject to hydrolysis) is 3. The maximum absolute atomic E-state index is 13.3. The molecule has 1 aromatic rings. The molecule has 0 saturated heterocycles. The van der Waals surface area contributed by atoms with Gasteiger partial charge in [-0.15, -0.1) is 0 Å². The fraction of sp³-hybridized carbons (Fsp3) is 0.721. The van der Waals surface area contributed by atoms with Gasteiger partial charge in [0.15, 0.2) is 0 Å². The molecule has 6 unspecified atom stereocenters. The molecular weight excluding hydrogens is 853 g/mol. The summed E-state index contributed by atoms with van der Waals surface area (Å²) in [5.41, 5.74) is -1.68. The molecule has 1 aromatic heterocycles. The number of Topliss-reactive ketones (excluding diaryl/α,β-unsaturated/α-hetero) is 2. The van der Waals surface area contributed by atoms with Crippen molar-refractivity contribution >= 4 is 53.8 Å². The SMILES string of the molecule is COC(=O)C(CC(C)=O)OC(=O)NC1CC(C)(C)CC(C)(CNC(=O)OCCc2c(C)[nH]c(N(N)C(=O)NCC3(C)CC(NC(=O)OC(CC(C)=O)C(=O)OC)CC(C)(C)C3)nc2=O)C1. The summed E-state index contributed by atoms with van der Waals surface area (Å²) in [4.78, 5) is 119. The first-order valence-corrected chi connectivity index (χ1v) is 21.5.